The first-order chi connectivity index (χ1) is 16.2. The zero-order valence-corrected chi connectivity index (χ0v) is 18.6. The Balaban J connectivity index is 1.20. The number of fused-ring (bicyclic) bond motifs is 1. The summed E-state index contributed by atoms with van der Waals surface area (Å²) in [5.74, 6) is 1.23. The normalized spacial score (nSPS) is 14.4. The van der Waals surface area contributed by atoms with Crippen LogP contribution in [0.2, 0.25) is 5.02 Å². The SMILES string of the molecule is O=C(CNc1ccncn1)N1CCC(Nc2ncc(Cl)c(-c3c[nH]c4ccccc34)n2)CC1. The molecule has 0 bridgehead atoms. The standard InChI is InChI=1S/C23H23ClN8O/c24-18-12-28-23(31-22(18)17-11-26-19-4-2-1-3-16(17)19)30-15-6-9-32(10-7-15)21(33)13-27-20-5-8-25-14-29-20/h1-5,8,11-12,14-15,26H,6-7,9-10,13H2,(H,25,27,29)(H,28,30,31). The topological polar surface area (TPSA) is 112 Å². The predicted molar refractivity (Wildman–Crippen MR) is 128 cm³/mol. The lowest BCUT2D eigenvalue weighted by Gasteiger charge is -2.32. The number of hydrogen-bond donors (Lipinski definition) is 3. The van der Waals surface area contributed by atoms with E-state index in [0.29, 0.717) is 35.6 Å². The number of amides is 1. The van der Waals surface area contributed by atoms with Crippen molar-refractivity contribution in [3.63, 3.8) is 0 Å². The zero-order chi connectivity index (χ0) is 22.6. The van der Waals surface area contributed by atoms with Gasteiger partial charge in [-0.2, -0.15) is 0 Å². The lowest BCUT2D eigenvalue weighted by atomic mass is 10.1. The predicted octanol–water partition coefficient (Wildman–Crippen LogP) is 3.58. The average molecular weight is 463 g/mol. The second kappa shape index (κ2) is 9.41. The summed E-state index contributed by atoms with van der Waals surface area (Å²) in [5.41, 5.74) is 2.66. The zero-order valence-electron chi connectivity index (χ0n) is 17.8. The summed E-state index contributed by atoms with van der Waals surface area (Å²) >= 11 is 6.43. The van der Waals surface area contributed by atoms with Gasteiger partial charge in [0.05, 0.1) is 23.5 Å². The average Bonchev–Trinajstić information content (AvgIpc) is 3.29. The molecule has 4 heterocycles. The van der Waals surface area contributed by atoms with E-state index in [4.69, 9.17) is 16.6 Å². The summed E-state index contributed by atoms with van der Waals surface area (Å²) in [4.78, 5) is 34.7. The number of nitrogens with one attached hydrogen (secondary N) is 3. The van der Waals surface area contributed by atoms with Crippen LogP contribution in [0.1, 0.15) is 12.8 Å². The number of anilines is 2. The highest BCUT2D eigenvalue weighted by atomic mass is 35.5. The van der Waals surface area contributed by atoms with Crippen LogP contribution in [0.15, 0.2) is 55.2 Å². The van der Waals surface area contributed by atoms with Crippen molar-refractivity contribution >= 4 is 40.2 Å². The number of benzene rings is 1. The van der Waals surface area contributed by atoms with Gasteiger partial charge >= 0.3 is 0 Å². The van der Waals surface area contributed by atoms with Crippen LogP contribution < -0.4 is 10.6 Å². The molecule has 10 heteroatoms. The summed E-state index contributed by atoms with van der Waals surface area (Å²) in [6.45, 7) is 1.55. The Labute approximate surface area is 195 Å². The fourth-order valence-corrected chi connectivity index (χ4v) is 4.21. The lowest BCUT2D eigenvalue weighted by Crippen LogP contribution is -2.44. The van der Waals surface area contributed by atoms with Gasteiger partial charge in [-0.1, -0.05) is 29.8 Å². The Hall–Kier alpha value is -3.72. The van der Waals surface area contributed by atoms with Gasteiger partial charge in [0.2, 0.25) is 11.9 Å². The summed E-state index contributed by atoms with van der Waals surface area (Å²) in [7, 11) is 0. The van der Waals surface area contributed by atoms with E-state index in [1.54, 1.807) is 18.5 Å². The molecule has 9 nitrogen and oxygen atoms in total. The number of para-hydroxylation sites is 1. The monoisotopic (exact) mass is 462 g/mol. The van der Waals surface area contributed by atoms with Crippen LogP contribution in [0.3, 0.4) is 0 Å². The van der Waals surface area contributed by atoms with E-state index in [9.17, 15) is 4.79 Å². The molecule has 0 aliphatic carbocycles. The first-order valence-corrected chi connectivity index (χ1v) is 11.2. The minimum atomic E-state index is 0.0522. The maximum Gasteiger partial charge on any atom is 0.241 e. The van der Waals surface area contributed by atoms with Gasteiger partial charge in [-0.05, 0) is 25.0 Å². The van der Waals surface area contributed by atoms with Gasteiger partial charge in [-0.3, -0.25) is 4.79 Å². The van der Waals surface area contributed by atoms with E-state index in [1.807, 2.05) is 35.4 Å². The summed E-state index contributed by atoms with van der Waals surface area (Å²) in [5, 5.41) is 8.01. The molecule has 0 atom stereocenters. The van der Waals surface area contributed by atoms with Crippen LogP contribution in [-0.4, -0.2) is 61.4 Å². The molecule has 168 valence electrons. The number of aromatic nitrogens is 5. The van der Waals surface area contributed by atoms with E-state index < -0.39 is 0 Å². The highest BCUT2D eigenvalue weighted by molar-refractivity contribution is 6.33. The van der Waals surface area contributed by atoms with E-state index >= 15 is 0 Å². The Morgan fingerprint density at radius 3 is 2.85 bits per heavy atom. The van der Waals surface area contributed by atoms with Crippen LogP contribution >= 0.6 is 11.6 Å². The highest BCUT2D eigenvalue weighted by Crippen LogP contribution is 2.32. The Bertz CT molecular complexity index is 1250. The van der Waals surface area contributed by atoms with Crippen LogP contribution in [0, 0.1) is 0 Å². The van der Waals surface area contributed by atoms with Crippen molar-refractivity contribution in [2.45, 2.75) is 18.9 Å². The van der Waals surface area contributed by atoms with Gasteiger partial charge < -0.3 is 20.5 Å². The first-order valence-electron chi connectivity index (χ1n) is 10.8. The molecule has 1 aliphatic rings. The van der Waals surface area contributed by atoms with Gasteiger partial charge in [0.1, 0.15) is 12.1 Å². The number of piperidine rings is 1. The van der Waals surface area contributed by atoms with Crippen LogP contribution in [0.4, 0.5) is 11.8 Å². The van der Waals surface area contributed by atoms with E-state index in [-0.39, 0.29) is 18.5 Å². The van der Waals surface area contributed by atoms with Crippen molar-refractivity contribution < 1.29 is 4.79 Å². The summed E-state index contributed by atoms with van der Waals surface area (Å²) < 4.78 is 0. The van der Waals surface area contributed by atoms with Crippen molar-refractivity contribution in [3.8, 4) is 11.3 Å². The fraction of sp³-hybridized carbons (Fsp3) is 0.261. The van der Waals surface area contributed by atoms with Crippen molar-refractivity contribution in [3.05, 3.63) is 60.3 Å². The molecule has 0 unspecified atom stereocenters. The van der Waals surface area contributed by atoms with Crippen molar-refractivity contribution in [2.24, 2.45) is 0 Å². The van der Waals surface area contributed by atoms with Gasteiger partial charge in [0.15, 0.2) is 0 Å². The van der Waals surface area contributed by atoms with E-state index in [2.05, 4.69) is 30.6 Å². The van der Waals surface area contributed by atoms with Crippen LogP contribution in [0.25, 0.3) is 22.2 Å². The van der Waals surface area contributed by atoms with Crippen LogP contribution in [0.5, 0.6) is 0 Å². The number of nitrogens with zero attached hydrogens (tertiary/aromatic N) is 5. The molecule has 33 heavy (non-hydrogen) atoms. The second-order valence-electron chi connectivity index (χ2n) is 7.89. The number of likely N-dealkylation sites (tertiary alicyclic amines) is 1. The summed E-state index contributed by atoms with van der Waals surface area (Å²) in [6.07, 6.45) is 8.27. The molecular weight excluding hydrogens is 440 g/mol. The Morgan fingerprint density at radius 1 is 1.18 bits per heavy atom. The third kappa shape index (κ3) is 4.73. The number of carbonyl (C=O) groups excluding carboxylic acids is 1. The van der Waals surface area contributed by atoms with E-state index in [1.165, 1.54) is 6.33 Å². The number of carbonyl (C=O) groups is 1. The van der Waals surface area contributed by atoms with E-state index in [0.717, 1.165) is 29.3 Å². The number of halogens is 1. The van der Waals surface area contributed by atoms with Gasteiger partial charge in [-0.25, -0.2) is 19.9 Å². The molecule has 0 radical (unpaired) electrons. The number of hydrogen-bond acceptors (Lipinski definition) is 7. The van der Waals surface area contributed by atoms with Gasteiger partial charge in [0.25, 0.3) is 0 Å². The fourth-order valence-electron chi connectivity index (χ4n) is 4.02. The first kappa shape index (κ1) is 21.1. The summed E-state index contributed by atoms with van der Waals surface area (Å²) in [6, 6.07) is 9.96. The number of aromatic amines is 1. The molecule has 5 rings (SSSR count). The van der Waals surface area contributed by atoms with Gasteiger partial charge in [-0.15, -0.1) is 0 Å². The third-order valence-electron chi connectivity index (χ3n) is 5.77. The quantitative estimate of drug-likeness (QED) is 0.401. The smallest absolute Gasteiger partial charge is 0.241 e. The molecular formula is C23H23ClN8O. The largest absolute Gasteiger partial charge is 0.361 e. The Morgan fingerprint density at radius 2 is 2.03 bits per heavy atom. The molecule has 1 fully saturated rings. The molecule has 1 saturated heterocycles. The number of H-pyrrole nitrogens is 1. The minimum absolute atomic E-state index is 0.0522. The molecule has 4 aromatic rings. The Kier molecular flexibility index (Phi) is 6.03. The molecule has 0 saturated carbocycles. The van der Waals surface area contributed by atoms with Crippen LogP contribution in [-0.2, 0) is 4.79 Å². The molecule has 1 aromatic carbocycles. The molecule has 3 aromatic heterocycles. The van der Waals surface area contributed by atoms with Gasteiger partial charge in [0, 0.05) is 48.0 Å². The molecule has 1 amide bonds. The molecule has 0 spiro atoms. The van der Waals surface area contributed by atoms with Crippen molar-refractivity contribution in [2.75, 3.05) is 30.3 Å². The number of rotatable bonds is 6. The molecule has 3 N–H and O–H groups in total. The highest BCUT2D eigenvalue weighted by Gasteiger charge is 2.23. The van der Waals surface area contributed by atoms with Crippen molar-refractivity contribution in [1.82, 2.24) is 29.8 Å². The van der Waals surface area contributed by atoms with Crippen molar-refractivity contribution in [1.29, 1.82) is 0 Å². The maximum absolute atomic E-state index is 12.5. The minimum Gasteiger partial charge on any atom is -0.361 e. The lowest BCUT2D eigenvalue weighted by molar-refractivity contribution is -0.130. The second-order valence-corrected chi connectivity index (χ2v) is 8.29. The third-order valence-corrected chi connectivity index (χ3v) is 6.05. The maximum atomic E-state index is 12.5. The molecule has 1 aliphatic heterocycles.